The van der Waals surface area contributed by atoms with Gasteiger partial charge in [0.25, 0.3) is 0 Å². The fourth-order valence-corrected chi connectivity index (χ4v) is 5.73. The van der Waals surface area contributed by atoms with Gasteiger partial charge in [-0.25, -0.2) is 0 Å². The molecular weight excluding hydrogens is 446 g/mol. The number of thiophene rings is 1. The van der Waals surface area contributed by atoms with Crippen LogP contribution in [-0.2, 0) is 11.3 Å². The summed E-state index contributed by atoms with van der Waals surface area (Å²) >= 11 is 1.68. The minimum atomic E-state index is 0.0570. The molecule has 6 nitrogen and oxygen atoms in total. The molecule has 0 saturated carbocycles. The van der Waals surface area contributed by atoms with Gasteiger partial charge in [0.15, 0.2) is 11.5 Å². The Morgan fingerprint density at radius 2 is 1.88 bits per heavy atom. The summed E-state index contributed by atoms with van der Waals surface area (Å²) in [5.41, 5.74) is 4.73. The van der Waals surface area contributed by atoms with Crippen molar-refractivity contribution in [1.82, 2.24) is 14.8 Å². The number of piperazine rings is 1. The Morgan fingerprint density at radius 3 is 2.74 bits per heavy atom. The fourth-order valence-electron chi connectivity index (χ4n) is 5.02. The normalized spacial score (nSPS) is 16.8. The van der Waals surface area contributed by atoms with Crippen LogP contribution >= 0.6 is 11.3 Å². The van der Waals surface area contributed by atoms with Crippen molar-refractivity contribution in [2.75, 3.05) is 33.0 Å². The van der Waals surface area contributed by atoms with Crippen molar-refractivity contribution in [3.63, 3.8) is 0 Å². The third kappa shape index (κ3) is 4.17. The molecule has 0 radical (unpaired) electrons. The van der Waals surface area contributed by atoms with Gasteiger partial charge in [0.05, 0.1) is 0 Å². The first kappa shape index (κ1) is 21.3. The summed E-state index contributed by atoms with van der Waals surface area (Å²) in [6.07, 6.45) is 2.56. The van der Waals surface area contributed by atoms with E-state index in [1.807, 2.05) is 17.0 Å². The molecular formula is C27H27N3O3S. The molecule has 2 aliphatic heterocycles. The van der Waals surface area contributed by atoms with Crippen molar-refractivity contribution < 1.29 is 14.3 Å². The number of nitrogens with zero attached hydrogens (tertiary/aromatic N) is 2. The Labute approximate surface area is 202 Å². The van der Waals surface area contributed by atoms with Crippen LogP contribution in [0.5, 0.6) is 11.5 Å². The first-order valence-electron chi connectivity index (χ1n) is 11.7. The third-order valence-electron chi connectivity index (χ3n) is 6.89. The van der Waals surface area contributed by atoms with E-state index in [1.54, 1.807) is 11.3 Å². The summed E-state index contributed by atoms with van der Waals surface area (Å²) < 4.78 is 10.9. The lowest BCUT2D eigenvalue weighted by Crippen LogP contribution is -2.48. The Balaban J connectivity index is 1.12. The first-order valence-corrected chi connectivity index (χ1v) is 12.7. The summed E-state index contributed by atoms with van der Waals surface area (Å²) in [4.78, 5) is 21.2. The largest absolute Gasteiger partial charge is 0.454 e. The van der Waals surface area contributed by atoms with Crippen LogP contribution < -0.4 is 9.47 Å². The molecule has 0 aliphatic carbocycles. The van der Waals surface area contributed by atoms with E-state index in [0.717, 1.165) is 49.7 Å². The van der Waals surface area contributed by atoms with E-state index >= 15 is 0 Å². The van der Waals surface area contributed by atoms with Crippen LogP contribution in [0.4, 0.5) is 0 Å². The molecule has 34 heavy (non-hydrogen) atoms. The molecule has 1 atom stereocenters. The number of nitrogens with one attached hydrogen (secondary N) is 1. The molecule has 0 spiro atoms. The van der Waals surface area contributed by atoms with Crippen LogP contribution in [-0.4, -0.2) is 53.7 Å². The highest BCUT2D eigenvalue weighted by Gasteiger charge is 2.27. The lowest BCUT2D eigenvalue weighted by Gasteiger charge is -2.35. The minimum Gasteiger partial charge on any atom is -0.454 e. The van der Waals surface area contributed by atoms with Crippen molar-refractivity contribution in [1.29, 1.82) is 0 Å². The molecule has 1 amide bonds. The number of benzene rings is 2. The van der Waals surface area contributed by atoms with Crippen molar-refractivity contribution in [3.8, 4) is 11.5 Å². The number of carbonyl (C=O) groups excluding carboxylic acids is 1. The number of H-pyrrole nitrogens is 1. The Kier molecular flexibility index (Phi) is 5.73. The predicted molar refractivity (Wildman–Crippen MR) is 133 cm³/mol. The molecule has 6 rings (SSSR count). The number of hydrogen-bond donors (Lipinski definition) is 1. The molecule has 0 bridgehead atoms. The standard InChI is InChI=1S/C27H27N3O3S/c31-27(14-22(20-7-12-34-17-20)23-15-28-24-4-2-1-3-21(23)24)30-10-8-29(9-11-30)16-19-5-6-25-26(13-19)33-18-32-25/h1-7,12-13,15,17,22,28H,8-11,14,16,18H2. The van der Waals surface area contributed by atoms with E-state index in [-0.39, 0.29) is 11.8 Å². The van der Waals surface area contributed by atoms with Crippen molar-refractivity contribution in [2.45, 2.75) is 18.9 Å². The van der Waals surface area contributed by atoms with Gasteiger partial charge in [0.1, 0.15) is 0 Å². The van der Waals surface area contributed by atoms with Gasteiger partial charge in [-0.15, -0.1) is 0 Å². The summed E-state index contributed by atoms with van der Waals surface area (Å²) in [6.45, 7) is 4.41. The molecule has 2 aliphatic rings. The molecule has 1 fully saturated rings. The number of hydrogen-bond acceptors (Lipinski definition) is 5. The van der Waals surface area contributed by atoms with Gasteiger partial charge in [0, 0.05) is 62.2 Å². The van der Waals surface area contributed by atoms with Crippen molar-refractivity contribution in [2.24, 2.45) is 0 Å². The van der Waals surface area contributed by atoms with Gasteiger partial charge < -0.3 is 19.4 Å². The lowest BCUT2D eigenvalue weighted by atomic mass is 9.89. The van der Waals surface area contributed by atoms with Crippen molar-refractivity contribution in [3.05, 3.63) is 82.2 Å². The number of fused-ring (bicyclic) bond motifs is 2. The number of aromatic nitrogens is 1. The second kappa shape index (κ2) is 9.16. The quantitative estimate of drug-likeness (QED) is 0.436. The molecule has 4 heterocycles. The maximum Gasteiger partial charge on any atom is 0.231 e. The molecule has 1 saturated heterocycles. The van der Waals surface area contributed by atoms with Crippen LogP contribution in [0, 0.1) is 0 Å². The maximum absolute atomic E-state index is 13.4. The number of para-hydroxylation sites is 1. The van der Waals surface area contributed by atoms with E-state index in [1.165, 1.54) is 22.1 Å². The highest BCUT2D eigenvalue weighted by Crippen LogP contribution is 2.35. The van der Waals surface area contributed by atoms with Crippen molar-refractivity contribution >= 4 is 28.1 Å². The number of amides is 1. The van der Waals surface area contributed by atoms with E-state index < -0.39 is 0 Å². The number of carbonyl (C=O) groups is 1. The minimum absolute atomic E-state index is 0.0570. The van der Waals surface area contributed by atoms with Gasteiger partial charge in [0.2, 0.25) is 12.7 Å². The van der Waals surface area contributed by atoms with Gasteiger partial charge in [-0.3, -0.25) is 9.69 Å². The second-order valence-corrected chi connectivity index (χ2v) is 9.73. The van der Waals surface area contributed by atoms with Crippen LogP contribution in [0.1, 0.15) is 29.0 Å². The van der Waals surface area contributed by atoms with Gasteiger partial charge in [-0.1, -0.05) is 24.3 Å². The molecule has 1 N–H and O–H groups in total. The Hall–Kier alpha value is -3.29. The number of ether oxygens (including phenoxy) is 2. The Bertz CT molecular complexity index is 1290. The zero-order valence-electron chi connectivity index (χ0n) is 18.9. The van der Waals surface area contributed by atoms with E-state index in [9.17, 15) is 4.79 Å². The molecule has 1 unspecified atom stereocenters. The van der Waals surface area contributed by atoms with Crippen LogP contribution in [0.3, 0.4) is 0 Å². The lowest BCUT2D eigenvalue weighted by molar-refractivity contribution is -0.133. The molecule has 4 aromatic rings. The smallest absolute Gasteiger partial charge is 0.231 e. The Morgan fingerprint density at radius 1 is 1.03 bits per heavy atom. The molecule has 2 aromatic heterocycles. The summed E-state index contributed by atoms with van der Waals surface area (Å²) in [6, 6.07) is 16.6. The fraction of sp³-hybridized carbons (Fsp3) is 0.296. The number of aromatic amines is 1. The SMILES string of the molecule is O=C(CC(c1ccsc1)c1c[nH]c2ccccc12)N1CCN(Cc2ccc3c(c2)OCO3)CC1. The van der Waals surface area contributed by atoms with E-state index in [4.69, 9.17) is 9.47 Å². The van der Waals surface area contributed by atoms with Gasteiger partial charge in [-0.05, 0) is 51.7 Å². The van der Waals surface area contributed by atoms with E-state index in [0.29, 0.717) is 13.2 Å². The summed E-state index contributed by atoms with van der Waals surface area (Å²) in [5.74, 6) is 1.92. The zero-order chi connectivity index (χ0) is 22.9. The summed E-state index contributed by atoms with van der Waals surface area (Å²) in [5, 5.41) is 5.46. The third-order valence-corrected chi connectivity index (χ3v) is 7.59. The highest BCUT2D eigenvalue weighted by atomic mass is 32.1. The van der Waals surface area contributed by atoms with Crippen LogP contribution in [0.15, 0.2) is 65.5 Å². The zero-order valence-corrected chi connectivity index (χ0v) is 19.7. The molecule has 2 aromatic carbocycles. The number of rotatable bonds is 6. The van der Waals surface area contributed by atoms with E-state index in [2.05, 4.69) is 63.2 Å². The van der Waals surface area contributed by atoms with Gasteiger partial charge >= 0.3 is 0 Å². The average molecular weight is 474 g/mol. The first-order chi connectivity index (χ1) is 16.7. The second-order valence-electron chi connectivity index (χ2n) is 8.95. The highest BCUT2D eigenvalue weighted by molar-refractivity contribution is 7.08. The molecule has 7 heteroatoms. The van der Waals surface area contributed by atoms with Crippen LogP contribution in [0.2, 0.25) is 0 Å². The monoisotopic (exact) mass is 473 g/mol. The van der Waals surface area contributed by atoms with Gasteiger partial charge in [-0.2, -0.15) is 11.3 Å². The topological polar surface area (TPSA) is 57.8 Å². The maximum atomic E-state index is 13.4. The van der Waals surface area contributed by atoms with Crippen LogP contribution in [0.25, 0.3) is 10.9 Å². The summed E-state index contributed by atoms with van der Waals surface area (Å²) in [7, 11) is 0. The average Bonchev–Trinajstić information content (AvgIpc) is 3.64. The molecule has 174 valence electrons. The predicted octanol–water partition coefficient (Wildman–Crippen LogP) is 4.82.